The average Bonchev–Trinajstić information content (AvgIpc) is 3.24. The summed E-state index contributed by atoms with van der Waals surface area (Å²) in [5.74, 6) is -0.833. The van der Waals surface area contributed by atoms with Crippen molar-refractivity contribution in [3.63, 3.8) is 0 Å². The van der Waals surface area contributed by atoms with Gasteiger partial charge in [-0.1, -0.05) is 38.1 Å². The highest BCUT2D eigenvalue weighted by molar-refractivity contribution is 9.10. The number of halogens is 3. The van der Waals surface area contributed by atoms with Gasteiger partial charge in [0.25, 0.3) is 0 Å². The first kappa shape index (κ1) is 20.8. The molecule has 1 fully saturated rings. The first-order chi connectivity index (χ1) is 14.7. The lowest BCUT2D eigenvalue weighted by Crippen LogP contribution is -2.37. The number of imidazole rings is 1. The molecule has 12 heteroatoms. The molecule has 1 aliphatic rings. The van der Waals surface area contributed by atoms with E-state index in [9.17, 15) is 13.2 Å². The molecular formula is C19H13BrClFN4O3S2. The van der Waals surface area contributed by atoms with E-state index in [-0.39, 0.29) is 33.7 Å². The fourth-order valence-electron chi connectivity index (χ4n) is 3.80. The lowest BCUT2D eigenvalue weighted by molar-refractivity contribution is 0.566. The quantitative estimate of drug-likeness (QED) is 0.342. The van der Waals surface area contributed by atoms with Crippen LogP contribution in [0.25, 0.3) is 26.9 Å². The number of fused-ring (bicyclic) bond motifs is 2. The molecule has 2 aromatic heterocycles. The Kier molecular flexibility index (Phi) is 4.67. The van der Waals surface area contributed by atoms with Crippen LogP contribution in [0.4, 0.5) is 4.39 Å². The third kappa shape index (κ3) is 2.86. The van der Waals surface area contributed by atoms with Crippen molar-refractivity contribution in [3.8, 4) is 5.69 Å². The van der Waals surface area contributed by atoms with Crippen molar-refractivity contribution in [1.82, 2.24) is 18.1 Å². The fourth-order valence-corrected chi connectivity index (χ4v) is 7.17. The molecular weight excluding hydrogens is 531 g/mol. The van der Waals surface area contributed by atoms with E-state index in [0.717, 1.165) is 16.1 Å². The van der Waals surface area contributed by atoms with Crippen LogP contribution in [0.2, 0.25) is 5.02 Å². The molecule has 1 saturated carbocycles. The van der Waals surface area contributed by atoms with Gasteiger partial charge in [0.1, 0.15) is 11.0 Å². The van der Waals surface area contributed by atoms with Crippen LogP contribution in [-0.4, -0.2) is 31.3 Å². The smallest absolute Gasteiger partial charge is 0.255 e. The summed E-state index contributed by atoms with van der Waals surface area (Å²) in [6.07, 6.45) is 2.51. The topological polar surface area (TPSA) is 86.9 Å². The summed E-state index contributed by atoms with van der Waals surface area (Å²) < 4.78 is 48.1. The molecule has 31 heavy (non-hydrogen) atoms. The van der Waals surface area contributed by atoms with Crippen molar-refractivity contribution >= 4 is 70.3 Å². The highest BCUT2D eigenvalue weighted by Gasteiger charge is 2.55. The zero-order chi connectivity index (χ0) is 22.1. The summed E-state index contributed by atoms with van der Waals surface area (Å²) in [5, 5.41) is 3.95. The highest BCUT2D eigenvalue weighted by Crippen LogP contribution is 2.48. The van der Waals surface area contributed by atoms with Crippen molar-refractivity contribution in [1.29, 1.82) is 0 Å². The highest BCUT2D eigenvalue weighted by atomic mass is 79.9. The van der Waals surface area contributed by atoms with Crippen molar-refractivity contribution in [3.05, 3.63) is 62.7 Å². The van der Waals surface area contributed by atoms with E-state index >= 15 is 4.39 Å². The van der Waals surface area contributed by atoms with Gasteiger partial charge in [-0.2, -0.15) is 3.97 Å². The van der Waals surface area contributed by atoms with Gasteiger partial charge in [-0.05, 0) is 55.1 Å². The molecule has 0 bridgehead atoms. The molecule has 160 valence electrons. The van der Waals surface area contributed by atoms with Gasteiger partial charge in [0.15, 0.2) is 5.82 Å². The monoisotopic (exact) mass is 542 g/mol. The molecule has 0 radical (unpaired) electrons. The van der Waals surface area contributed by atoms with Crippen molar-refractivity contribution in [2.45, 2.75) is 24.0 Å². The molecule has 0 atom stereocenters. The van der Waals surface area contributed by atoms with E-state index in [1.54, 1.807) is 12.1 Å². The fraction of sp³-hybridized carbons (Fsp3) is 0.211. The van der Waals surface area contributed by atoms with Crippen LogP contribution < -0.4 is 5.69 Å². The van der Waals surface area contributed by atoms with Gasteiger partial charge in [0, 0.05) is 4.47 Å². The summed E-state index contributed by atoms with van der Waals surface area (Å²) in [4.78, 5) is 13.6. The Hall–Kier alpha value is -2.08. The summed E-state index contributed by atoms with van der Waals surface area (Å²) in [6.45, 7) is 3.64. The van der Waals surface area contributed by atoms with Crippen LogP contribution in [0.1, 0.15) is 19.3 Å². The van der Waals surface area contributed by atoms with Gasteiger partial charge in [0.05, 0.1) is 25.7 Å². The van der Waals surface area contributed by atoms with E-state index < -0.39 is 26.3 Å². The maximum atomic E-state index is 15.6. The molecule has 7 nitrogen and oxygen atoms in total. The molecule has 2 heterocycles. The minimum atomic E-state index is -4.17. The van der Waals surface area contributed by atoms with Crippen LogP contribution in [0.5, 0.6) is 0 Å². The molecule has 0 spiro atoms. The Morgan fingerprint density at radius 3 is 2.74 bits per heavy atom. The molecule has 0 unspecified atom stereocenters. The Morgan fingerprint density at radius 1 is 1.35 bits per heavy atom. The zero-order valence-corrected chi connectivity index (χ0v) is 19.7. The standard InChI is InChI=1S/C19H13BrClFN4O3S2/c1-2-5-19(6-7-19)31(28,29)26-13-9-14-16(23-24-30-14)15(22)17(13)25(18(26)27)12-4-3-10(20)8-11(12)21/h2-4,8-9H,1,5-7H2. The van der Waals surface area contributed by atoms with Gasteiger partial charge in [-0.25, -0.2) is 17.6 Å². The van der Waals surface area contributed by atoms with E-state index in [2.05, 4.69) is 32.1 Å². The molecule has 4 aromatic rings. The normalized spacial score (nSPS) is 15.6. The molecule has 0 aliphatic heterocycles. The lowest BCUT2D eigenvalue weighted by Gasteiger charge is -2.15. The van der Waals surface area contributed by atoms with Crippen molar-refractivity contribution in [2.24, 2.45) is 0 Å². The number of allylic oxidation sites excluding steroid dienone is 1. The Bertz CT molecular complexity index is 1570. The predicted molar refractivity (Wildman–Crippen MR) is 122 cm³/mol. The number of aromatic nitrogens is 4. The molecule has 1 aliphatic carbocycles. The second-order valence-corrected chi connectivity index (χ2v) is 11.6. The van der Waals surface area contributed by atoms with Gasteiger partial charge in [-0.15, -0.1) is 11.7 Å². The Balaban J connectivity index is 1.96. The van der Waals surface area contributed by atoms with E-state index in [1.165, 1.54) is 18.2 Å². The second-order valence-electron chi connectivity index (χ2n) is 7.34. The minimum Gasteiger partial charge on any atom is -0.255 e. The molecule has 0 saturated heterocycles. The number of hydrogen-bond donors (Lipinski definition) is 0. The maximum Gasteiger partial charge on any atom is 0.347 e. The van der Waals surface area contributed by atoms with Gasteiger partial charge < -0.3 is 0 Å². The van der Waals surface area contributed by atoms with E-state index in [1.807, 2.05) is 0 Å². The third-order valence-electron chi connectivity index (χ3n) is 5.51. The molecule has 5 rings (SSSR count). The summed E-state index contributed by atoms with van der Waals surface area (Å²) >= 11 is 10.6. The first-order valence-electron chi connectivity index (χ1n) is 9.11. The van der Waals surface area contributed by atoms with E-state index in [0.29, 0.717) is 26.0 Å². The summed E-state index contributed by atoms with van der Waals surface area (Å²) in [6, 6.07) is 6.13. The van der Waals surface area contributed by atoms with Crippen molar-refractivity contribution in [2.75, 3.05) is 0 Å². The first-order valence-corrected chi connectivity index (χ1v) is 12.5. The average molecular weight is 544 g/mol. The summed E-state index contributed by atoms with van der Waals surface area (Å²) in [5.41, 5.74) is -1.09. The Labute approximate surface area is 193 Å². The SMILES string of the molecule is C=CCC1(S(=O)(=O)n2c(=O)n(-c3ccc(Br)cc3Cl)c3c(F)c4nnsc4cc32)CC1. The number of hydrogen-bond acceptors (Lipinski definition) is 6. The molecule has 0 N–H and O–H groups in total. The van der Waals surface area contributed by atoms with Gasteiger partial charge in [-0.3, -0.25) is 4.57 Å². The zero-order valence-electron chi connectivity index (χ0n) is 15.7. The number of benzene rings is 2. The van der Waals surface area contributed by atoms with Crippen LogP contribution in [0.15, 0.2) is 46.2 Å². The van der Waals surface area contributed by atoms with Crippen LogP contribution >= 0.6 is 39.1 Å². The lowest BCUT2D eigenvalue weighted by atomic mass is 10.2. The number of nitrogens with zero attached hydrogens (tertiary/aromatic N) is 4. The van der Waals surface area contributed by atoms with Crippen molar-refractivity contribution < 1.29 is 12.8 Å². The van der Waals surface area contributed by atoms with Gasteiger partial charge >= 0.3 is 5.69 Å². The second kappa shape index (κ2) is 6.96. The minimum absolute atomic E-state index is 0.0405. The predicted octanol–water partition coefficient (Wildman–Crippen LogP) is 4.64. The number of rotatable bonds is 5. The van der Waals surface area contributed by atoms with Gasteiger partial charge in [0.2, 0.25) is 10.0 Å². The van der Waals surface area contributed by atoms with Crippen LogP contribution in [0, 0.1) is 5.82 Å². The Morgan fingerprint density at radius 2 is 2.10 bits per heavy atom. The maximum absolute atomic E-state index is 15.6. The van der Waals surface area contributed by atoms with Crippen LogP contribution in [0.3, 0.4) is 0 Å². The largest absolute Gasteiger partial charge is 0.347 e. The third-order valence-corrected chi connectivity index (χ3v) is 9.48. The van der Waals surface area contributed by atoms with E-state index in [4.69, 9.17) is 11.6 Å². The molecule has 0 amide bonds. The molecule has 2 aromatic carbocycles. The summed E-state index contributed by atoms with van der Waals surface area (Å²) in [7, 11) is -4.17. The van der Waals surface area contributed by atoms with Crippen LogP contribution in [-0.2, 0) is 10.0 Å².